The Bertz CT molecular complexity index is 839. The topological polar surface area (TPSA) is 46.4 Å². The SMILES string of the molecule is Cc1ccc(Cl)cc1NC(=O)c1c(C)nc2ccccn12. The summed E-state index contributed by atoms with van der Waals surface area (Å²) in [7, 11) is 0. The Kier molecular flexibility index (Phi) is 3.39. The number of aromatic nitrogens is 2. The lowest BCUT2D eigenvalue weighted by Crippen LogP contribution is -2.16. The van der Waals surface area contributed by atoms with Crippen molar-refractivity contribution in [2.75, 3.05) is 5.32 Å². The lowest BCUT2D eigenvalue weighted by molar-refractivity contribution is 0.102. The lowest BCUT2D eigenvalue weighted by atomic mass is 10.2. The first-order chi connectivity index (χ1) is 10.1. The highest BCUT2D eigenvalue weighted by atomic mass is 35.5. The summed E-state index contributed by atoms with van der Waals surface area (Å²) in [5.41, 5.74) is 3.64. The van der Waals surface area contributed by atoms with E-state index in [9.17, 15) is 4.79 Å². The highest BCUT2D eigenvalue weighted by Crippen LogP contribution is 2.21. The van der Waals surface area contributed by atoms with Gasteiger partial charge < -0.3 is 5.32 Å². The molecule has 2 heterocycles. The summed E-state index contributed by atoms with van der Waals surface area (Å²) < 4.78 is 1.78. The lowest BCUT2D eigenvalue weighted by Gasteiger charge is -2.09. The van der Waals surface area contributed by atoms with Crippen LogP contribution in [0.5, 0.6) is 0 Å². The second-order valence-electron chi connectivity index (χ2n) is 4.89. The molecule has 0 fully saturated rings. The highest BCUT2D eigenvalue weighted by Gasteiger charge is 2.17. The van der Waals surface area contributed by atoms with Gasteiger partial charge in [-0.2, -0.15) is 0 Å². The molecule has 4 nitrogen and oxygen atoms in total. The molecule has 1 amide bonds. The summed E-state index contributed by atoms with van der Waals surface area (Å²) in [6.45, 7) is 3.75. The van der Waals surface area contributed by atoms with E-state index in [-0.39, 0.29) is 5.91 Å². The van der Waals surface area contributed by atoms with Gasteiger partial charge in [-0.1, -0.05) is 23.7 Å². The molecule has 0 saturated carbocycles. The zero-order valence-corrected chi connectivity index (χ0v) is 12.5. The van der Waals surface area contributed by atoms with Crippen LogP contribution in [0, 0.1) is 13.8 Å². The van der Waals surface area contributed by atoms with Crippen molar-refractivity contribution in [2.45, 2.75) is 13.8 Å². The van der Waals surface area contributed by atoms with Crippen molar-refractivity contribution in [3.63, 3.8) is 0 Å². The molecular weight excluding hydrogens is 286 g/mol. The van der Waals surface area contributed by atoms with Crippen LogP contribution in [0.25, 0.3) is 5.65 Å². The first kappa shape index (κ1) is 13.6. The molecule has 1 aromatic carbocycles. The molecular formula is C16H14ClN3O. The fraction of sp³-hybridized carbons (Fsp3) is 0.125. The monoisotopic (exact) mass is 299 g/mol. The predicted octanol–water partition coefficient (Wildman–Crippen LogP) is 3.86. The molecule has 0 aliphatic carbocycles. The Morgan fingerprint density at radius 2 is 2.05 bits per heavy atom. The van der Waals surface area contributed by atoms with Gasteiger partial charge in [0.2, 0.25) is 0 Å². The zero-order chi connectivity index (χ0) is 15.0. The molecule has 21 heavy (non-hydrogen) atoms. The number of aryl methyl sites for hydroxylation is 2. The maximum atomic E-state index is 12.6. The van der Waals surface area contributed by atoms with Crippen LogP contribution in [0.2, 0.25) is 5.02 Å². The molecule has 0 aliphatic rings. The number of pyridine rings is 1. The van der Waals surface area contributed by atoms with Gasteiger partial charge >= 0.3 is 0 Å². The highest BCUT2D eigenvalue weighted by molar-refractivity contribution is 6.31. The van der Waals surface area contributed by atoms with E-state index < -0.39 is 0 Å². The van der Waals surface area contributed by atoms with Crippen LogP contribution in [0.15, 0.2) is 42.6 Å². The number of imidazole rings is 1. The van der Waals surface area contributed by atoms with Crippen LogP contribution in [-0.4, -0.2) is 15.3 Å². The van der Waals surface area contributed by atoms with Crippen LogP contribution >= 0.6 is 11.6 Å². The number of carbonyl (C=O) groups is 1. The Morgan fingerprint density at radius 1 is 1.24 bits per heavy atom. The molecule has 2 aromatic heterocycles. The van der Waals surface area contributed by atoms with Crippen molar-refractivity contribution >= 4 is 28.8 Å². The van der Waals surface area contributed by atoms with Crippen LogP contribution in [0.1, 0.15) is 21.7 Å². The van der Waals surface area contributed by atoms with E-state index in [0.717, 1.165) is 11.2 Å². The van der Waals surface area contributed by atoms with Gasteiger partial charge in [0.25, 0.3) is 5.91 Å². The number of anilines is 1. The number of halogens is 1. The number of hydrogen-bond donors (Lipinski definition) is 1. The molecule has 5 heteroatoms. The second kappa shape index (κ2) is 5.22. The smallest absolute Gasteiger partial charge is 0.274 e. The molecule has 3 aromatic rings. The van der Waals surface area contributed by atoms with Crippen LogP contribution in [-0.2, 0) is 0 Å². The van der Waals surface area contributed by atoms with Crippen LogP contribution in [0.3, 0.4) is 0 Å². The number of nitrogens with one attached hydrogen (secondary N) is 1. The summed E-state index contributed by atoms with van der Waals surface area (Å²) in [5, 5.41) is 3.49. The minimum Gasteiger partial charge on any atom is -0.320 e. The minimum absolute atomic E-state index is 0.198. The Balaban J connectivity index is 2.01. The molecule has 0 spiro atoms. The number of nitrogens with zero attached hydrogens (tertiary/aromatic N) is 2. The van der Waals surface area contributed by atoms with Crippen molar-refractivity contribution in [1.82, 2.24) is 9.38 Å². The molecule has 0 aliphatic heterocycles. The molecule has 0 unspecified atom stereocenters. The molecule has 0 bridgehead atoms. The van der Waals surface area contributed by atoms with Crippen molar-refractivity contribution in [3.8, 4) is 0 Å². The standard InChI is InChI=1S/C16H14ClN3O/c1-10-6-7-12(17)9-13(10)19-16(21)15-11(2)18-14-5-3-4-8-20(14)15/h3-9H,1-2H3,(H,19,21). The third-order valence-corrected chi connectivity index (χ3v) is 3.60. The maximum absolute atomic E-state index is 12.6. The van der Waals surface area contributed by atoms with Crippen molar-refractivity contribution in [3.05, 3.63) is 64.6 Å². The largest absolute Gasteiger partial charge is 0.320 e. The molecule has 0 saturated heterocycles. The summed E-state index contributed by atoms with van der Waals surface area (Å²) in [6, 6.07) is 11.0. The van der Waals surface area contributed by atoms with E-state index in [2.05, 4.69) is 10.3 Å². The summed E-state index contributed by atoms with van der Waals surface area (Å²) in [6.07, 6.45) is 1.83. The van der Waals surface area contributed by atoms with Gasteiger partial charge in [-0.25, -0.2) is 4.98 Å². The molecule has 1 N–H and O–H groups in total. The number of fused-ring (bicyclic) bond motifs is 1. The predicted molar refractivity (Wildman–Crippen MR) is 84.1 cm³/mol. The van der Waals surface area contributed by atoms with Gasteiger partial charge in [-0.3, -0.25) is 9.20 Å². The Labute approximate surface area is 127 Å². The summed E-state index contributed by atoms with van der Waals surface area (Å²) in [5.74, 6) is -0.198. The first-order valence-electron chi connectivity index (χ1n) is 6.57. The van der Waals surface area contributed by atoms with Crippen molar-refractivity contribution in [2.24, 2.45) is 0 Å². The normalized spacial score (nSPS) is 10.8. The number of rotatable bonds is 2. The zero-order valence-electron chi connectivity index (χ0n) is 11.7. The van der Waals surface area contributed by atoms with E-state index >= 15 is 0 Å². The van der Waals surface area contributed by atoms with Crippen molar-refractivity contribution in [1.29, 1.82) is 0 Å². The third-order valence-electron chi connectivity index (χ3n) is 3.37. The van der Waals surface area contributed by atoms with Gasteiger partial charge in [0.15, 0.2) is 0 Å². The fourth-order valence-electron chi connectivity index (χ4n) is 2.30. The fourth-order valence-corrected chi connectivity index (χ4v) is 2.47. The van der Waals surface area contributed by atoms with E-state index in [4.69, 9.17) is 11.6 Å². The molecule has 106 valence electrons. The number of benzene rings is 1. The van der Waals surface area contributed by atoms with E-state index in [0.29, 0.717) is 22.1 Å². The van der Waals surface area contributed by atoms with Gasteiger partial charge in [0.1, 0.15) is 11.3 Å². The maximum Gasteiger partial charge on any atom is 0.274 e. The first-order valence-corrected chi connectivity index (χ1v) is 6.95. The quantitative estimate of drug-likeness (QED) is 0.781. The van der Waals surface area contributed by atoms with Gasteiger partial charge in [-0.15, -0.1) is 0 Å². The Hall–Kier alpha value is -2.33. The van der Waals surface area contributed by atoms with Crippen LogP contribution in [0.4, 0.5) is 5.69 Å². The summed E-state index contributed by atoms with van der Waals surface area (Å²) >= 11 is 5.98. The molecule has 0 radical (unpaired) electrons. The minimum atomic E-state index is -0.198. The summed E-state index contributed by atoms with van der Waals surface area (Å²) in [4.78, 5) is 17.0. The Morgan fingerprint density at radius 3 is 2.86 bits per heavy atom. The van der Waals surface area contributed by atoms with E-state index in [1.54, 1.807) is 16.5 Å². The number of hydrogen-bond acceptors (Lipinski definition) is 2. The number of amides is 1. The van der Waals surface area contributed by atoms with Gasteiger partial charge in [-0.05, 0) is 43.7 Å². The molecule has 3 rings (SSSR count). The van der Waals surface area contributed by atoms with E-state index in [1.807, 2.05) is 44.3 Å². The average molecular weight is 300 g/mol. The van der Waals surface area contributed by atoms with Gasteiger partial charge in [0, 0.05) is 16.9 Å². The second-order valence-corrected chi connectivity index (χ2v) is 5.32. The van der Waals surface area contributed by atoms with Crippen LogP contribution < -0.4 is 5.32 Å². The van der Waals surface area contributed by atoms with E-state index in [1.165, 1.54) is 0 Å². The molecule has 0 atom stereocenters. The number of carbonyl (C=O) groups excluding carboxylic acids is 1. The average Bonchev–Trinajstić information content (AvgIpc) is 2.78. The van der Waals surface area contributed by atoms with Gasteiger partial charge in [0.05, 0.1) is 5.69 Å². The third kappa shape index (κ3) is 2.50. The van der Waals surface area contributed by atoms with Crippen molar-refractivity contribution < 1.29 is 4.79 Å².